The van der Waals surface area contributed by atoms with Gasteiger partial charge in [0.2, 0.25) is 0 Å². The van der Waals surface area contributed by atoms with Gasteiger partial charge in [0.15, 0.2) is 0 Å². The van der Waals surface area contributed by atoms with Gasteiger partial charge in [-0.25, -0.2) is 0 Å². The van der Waals surface area contributed by atoms with Crippen molar-refractivity contribution in [3.8, 4) is 22.5 Å². The van der Waals surface area contributed by atoms with Crippen LogP contribution in [0.1, 0.15) is 22.6 Å². The summed E-state index contributed by atoms with van der Waals surface area (Å²) in [7, 11) is 0. The van der Waals surface area contributed by atoms with Gasteiger partial charge in [0.1, 0.15) is 22.9 Å². The highest BCUT2D eigenvalue weighted by Crippen LogP contribution is 2.38. The molecule has 0 unspecified atom stereocenters. The predicted molar refractivity (Wildman–Crippen MR) is 132 cm³/mol. The summed E-state index contributed by atoms with van der Waals surface area (Å²) in [5, 5.41) is 19.9. The zero-order valence-electron chi connectivity index (χ0n) is 16.9. The molecule has 10 heteroatoms. The van der Waals surface area contributed by atoms with Crippen molar-refractivity contribution in [1.82, 2.24) is 10.3 Å². The molecule has 4 rings (SSSR count). The monoisotopic (exact) mass is 576 g/mol. The summed E-state index contributed by atoms with van der Waals surface area (Å²) in [4.78, 5) is 0. The van der Waals surface area contributed by atoms with Crippen molar-refractivity contribution >= 4 is 62.3 Å². The summed E-state index contributed by atoms with van der Waals surface area (Å²) >= 11 is 27.7. The van der Waals surface area contributed by atoms with Crippen LogP contribution in [0.25, 0.3) is 22.5 Å². The van der Waals surface area contributed by atoms with E-state index < -0.39 is 0 Å². The average molecular weight is 579 g/mol. The van der Waals surface area contributed by atoms with Crippen LogP contribution in [0.3, 0.4) is 0 Å². The molecule has 4 aromatic rings. The number of nitrogens with zero attached hydrogens (tertiary/aromatic N) is 2. The van der Waals surface area contributed by atoms with Gasteiger partial charge in [-0.15, -0.1) is 0 Å². The van der Waals surface area contributed by atoms with Gasteiger partial charge in [0.25, 0.3) is 0 Å². The van der Waals surface area contributed by atoms with E-state index >= 15 is 0 Å². The van der Waals surface area contributed by atoms with Gasteiger partial charge in [-0.2, -0.15) is 0 Å². The normalized spacial score (nSPS) is 10.8. The van der Waals surface area contributed by atoms with Crippen LogP contribution in [0.15, 0.2) is 45.4 Å². The minimum atomic E-state index is -0.160. The maximum absolute atomic E-state index is 9.25. The number of rotatable bonds is 4. The molecule has 168 valence electrons. The highest BCUT2D eigenvalue weighted by molar-refractivity contribution is 9.08. The quantitative estimate of drug-likeness (QED) is 0.247. The summed E-state index contributed by atoms with van der Waals surface area (Å²) in [6.07, 6.45) is 0. The van der Waals surface area contributed by atoms with E-state index in [4.69, 9.17) is 55.4 Å². The van der Waals surface area contributed by atoms with Gasteiger partial charge in [0.05, 0.1) is 26.7 Å². The SMILES string of the molecule is Cc1onc(-c2c(Cl)cccc2Cl)c1CBr.Cc1onc(-c2c(Cl)cccc2Cl)c1CO. The fourth-order valence-electron chi connectivity index (χ4n) is 2.97. The van der Waals surface area contributed by atoms with E-state index in [1.54, 1.807) is 43.3 Å². The Bertz CT molecular complexity index is 1100. The van der Waals surface area contributed by atoms with Crippen LogP contribution in [0.5, 0.6) is 0 Å². The van der Waals surface area contributed by atoms with E-state index in [1.165, 1.54) is 0 Å². The smallest absolute Gasteiger partial charge is 0.139 e. The molecule has 0 fully saturated rings. The van der Waals surface area contributed by atoms with Crippen LogP contribution >= 0.6 is 62.3 Å². The number of aryl methyl sites for hydroxylation is 2. The number of aliphatic hydroxyl groups excluding tert-OH is 1. The molecule has 0 spiro atoms. The second-order valence-corrected chi connectivity index (χ2v) is 8.81. The van der Waals surface area contributed by atoms with E-state index in [1.807, 2.05) is 6.92 Å². The molecule has 0 amide bonds. The maximum atomic E-state index is 9.25. The molecule has 2 aromatic heterocycles. The third kappa shape index (κ3) is 5.16. The first-order valence-corrected chi connectivity index (χ1v) is 11.9. The van der Waals surface area contributed by atoms with Gasteiger partial charge in [-0.3, -0.25) is 0 Å². The second kappa shape index (κ2) is 11.1. The summed E-state index contributed by atoms with van der Waals surface area (Å²) in [5.74, 6) is 1.33. The molecule has 0 aliphatic rings. The Morgan fingerprint density at radius 3 is 1.50 bits per heavy atom. The lowest BCUT2D eigenvalue weighted by atomic mass is 10.1. The highest BCUT2D eigenvalue weighted by Gasteiger charge is 2.19. The molecule has 0 bridgehead atoms. The molecule has 1 N–H and O–H groups in total. The number of benzene rings is 2. The van der Waals surface area contributed by atoms with E-state index in [2.05, 4.69) is 26.2 Å². The fraction of sp³-hybridized carbons (Fsp3) is 0.182. The van der Waals surface area contributed by atoms with Crippen LogP contribution < -0.4 is 0 Å². The molecule has 0 radical (unpaired) electrons. The zero-order chi connectivity index (χ0) is 23.4. The van der Waals surface area contributed by atoms with E-state index in [-0.39, 0.29) is 6.61 Å². The van der Waals surface area contributed by atoms with Crippen LogP contribution in [0, 0.1) is 13.8 Å². The van der Waals surface area contributed by atoms with Crippen molar-refractivity contribution in [2.75, 3.05) is 0 Å². The lowest BCUT2D eigenvalue weighted by Gasteiger charge is -2.04. The molecular formula is C22H17BrCl4N2O3. The molecule has 0 aliphatic heterocycles. The third-order valence-electron chi connectivity index (χ3n) is 4.66. The van der Waals surface area contributed by atoms with Crippen LogP contribution in [0.2, 0.25) is 20.1 Å². The maximum Gasteiger partial charge on any atom is 0.139 e. The molecule has 2 heterocycles. The summed E-state index contributed by atoms with van der Waals surface area (Å²) in [6, 6.07) is 10.5. The van der Waals surface area contributed by atoms with Gasteiger partial charge < -0.3 is 14.2 Å². The molecule has 0 aliphatic carbocycles. The van der Waals surface area contributed by atoms with Crippen LogP contribution in [0.4, 0.5) is 0 Å². The lowest BCUT2D eigenvalue weighted by molar-refractivity contribution is 0.278. The Balaban J connectivity index is 0.000000181. The van der Waals surface area contributed by atoms with Crippen molar-refractivity contribution < 1.29 is 14.2 Å². The molecule has 0 saturated carbocycles. The number of alkyl halides is 1. The molecule has 0 saturated heterocycles. The first-order chi connectivity index (χ1) is 15.3. The van der Waals surface area contributed by atoms with Crippen molar-refractivity contribution in [3.63, 3.8) is 0 Å². The van der Waals surface area contributed by atoms with Gasteiger partial charge in [0, 0.05) is 27.6 Å². The summed E-state index contributed by atoms with van der Waals surface area (Å²) in [5.41, 5.74) is 4.08. The average Bonchev–Trinajstić information content (AvgIpc) is 3.30. The number of hydrogen-bond donors (Lipinski definition) is 1. The van der Waals surface area contributed by atoms with Crippen LogP contribution in [-0.4, -0.2) is 15.4 Å². The van der Waals surface area contributed by atoms with Crippen molar-refractivity contribution in [1.29, 1.82) is 0 Å². The molecule has 5 nitrogen and oxygen atoms in total. The topological polar surface area (TPSA) is 72.3 Å². The van der Waals surface area contributed by atoms with Gasteiger partial charge in [-0.1, -0.05) is 84.8 Å². The van der Waals surface area contributed by atoms with Gasteiger partial charge in [-0.05, 0) is 38.1 Å². The van der Waals surface area contributed by atoms with E-state index in [0.717, 1.165) is 16.9 Å². The Morgan fingerprint density at radius 1 is 0.750 bits per heavy atom. The van der Waals surface area contributed by atoms with Crippen molar-refractivity contribution in [3.05, 3.63) is 79.1 Å². The lowest BCUT2D eigenvalue weighted by Crippen LogP contribution is -1.90. The number of hydrogen-bond acceptors (Lipinski definition) is 5. The van der Waals surface area contributed by atoms with E-state index in [0.29, 0.717) is 53.7 Å². The standard InChI is InChI=1S/C11H8BrCl2NO.C11H9Cl2NO2/c1-6-7(5-12)11(15-16-6)10-8(13)3-2-4-9(10)14;1-6-7(5-15)11(14-16-6)10-8(12)3-2-4-9(10)13/h2-4H,5H2,1H3;2-4,15H,5H2,1H3. The molecule has 0 atom stereocenters. The minimum Gasteiger partial charge on any atom is -0.391 e. The van der Waals surface area contributed by atoms with Crippen molar-refractivity contribution in [2.24, 2.45) is 0 Å². The van der Waals surface area contributed by atoms with E-state index in [9.17, 15) is 5.11 Å². The fourth-order valence-corrected chi connectivity index (χ4v) is 4.78. The summed E-state index contributed by atoms with van der Waals surface area (Å²) < 4.78 is 10.2. The Hall–Kier alpha value is -1.54. The van der Waals surface area contributed by atoms with Crippen molar-refractivity contribution in [2.45, 2.75) is 25.8 Å². The molecule has 2 aromatic carbocycles. The molecular weight excluding hydrogens is 562 g/mol. The Labute approximate surface area is 213 Å². The second-order valence-electron chi connectivity index (χ2n) is 6.62. The zero-order valence-corrected chi connectivity index (χ0v) is 21.5. The predicted octanol–water partition coefficient (Wildman–Crippen LogP) is 8.30. The summed E-state index contributed by atoms with van der Waals surface area (Å²) in [6.45, 7) is 3.43. The first kappa shape index (κ1) is 25.1. The Morgan fingerprint density at radius 2 is 1.12 bits per heavy atom. The third-order valence-corrected chi connectivity index (χ3v) is 6.48. The highest BCUT2D eigenvalue weighted by atomic mass is 79.9. The minimum absolute atomic E-state index is 0.160. The number of aliphatic hydroxyl groups is 1. The first-order valence-electron chi connectivity index (χ1n) is 9.26. The molecule has 32 heavy (non-hydrogen) atoms. The largest absolute Gasteiger partial charge is 0.391 e. The van der Waals surface area contributed by atoms with Crippen LogP contribution in [-0.2, 0) is 11.9 Å². The Kier molecular flexibility index (Phi) is 8.67. The number of halogens is 5. The number of aromatic nitrogens is 2. The van der Waals surface area contributed by atoms with Gasteiger partial charge >= 0.3 is 0 Å².